The Hall–Kier alpha value is -3.16. The minimum Gasteiger partial charge on any atom is -0.339 e. The van der Waals surface area contributed by atoms with Crippen molar-refractivity contribution in [1.82, 2.24) is 9.80 Å². The maximum absolute atomic E-state index is 12.7. The van der Waals surface area contributed by atoms with Gasteiger partial charge in [-0.05, 0) is 31.2 Å². The van der Waals surface area contributed by atoms with Crippen LogP contribution in [-0.4, -0.2) is 53.6 Å². The number of rotatable bonds is 5. The Morgan fingerprint density at radius 2 is 1.29 bits per heavy atom. The second kappa shape index (κ2) is 9.32. The summed E-state index contributed by atoms with van der Waals surface area (Å²) in [5.74, 6) is -0.609. The molecule has 1 fully saturated rings. The smallest absolute Gasteiger partial charge is 0.339 e. The minimum atomic E-state index is -4.45. The summed E-state index contributed by atoms with van der Waals surface area (Å²) in [6.07, 6.45) is -4.24. The highest BCUT2D eigenvalue weighted by molar-refractivity contribution is 5.98. The van der Waals surface area contributed by atoms with Crippen molar-refractivity contribution in [1.29, 1.82) is 0 Å². The number of piperazine rings is 1. The lowest BCUT2D eigenvalue weighted by Crippen LogP contribution is -2.50. The Morgan fingerprint density at radius 1 is 0.774 bits per heavy atom. The summed E-state index contributed by atoms with van der Waals surface area (Å²) in [4.78, 5) is 40.3. The zero-order valence-electron chi connectivity index (χ0n) is 17.1. The summed E-state index contributed by atoms with van der Waals surface area (Å²) in [5.41, 5.74) is 0.998. The fourth-order valence-electron chi connectivity index (χ4n) is 3.41. The van der Waals surface area contributed by atoms with E-state index in [1.54, 1.807) is 17.0 Å². The number of carbonyl (C=O) groups excluding carboxylic acids is 3. The first kappa shape index (κ1) is 22.5. The van der Waals surface area contributed by atoms with E-state index in [9.17, 15) is 27.6 Å². The van der Waals surface area contributed by atoms with Crippen LogP contribution in [0.2, 0.25) is 0 Å². The van der Waals surface area contributed by atoms with E-state index in [1.165, 1.54) is 17.0 Å². The molecular weight excluding hydrogens is 409 g/mol. The fraction of sp³-hybridized carbons (Fsp3) is 0.348. The maximum Gasteiger partial charge on any atom is 0.416 e. The number of alkyl halides is 3. The third-order valence-electron chi connectivity index (χ3n) is 5.32. The standard InChI is InChI=1S/C23H23F3N2O3/c1-16-2-4-17(5-3-16)20(29)10-11-21(30)27-12-14-28(15-13-27)22(31)18-6-8-19(9-7-18)23(24,25)26/h2-9H,10-15H2,1H3. The molecule has 5 nitrogen and oxygen atoms in total. The van der Waals surface area contributed by atoms with Gasteiger partial charge in [0.25, 0.3) is 5.91 Å². The highest BCUT2D eigenvalue weighted by Gasteiger charge is 2.31. The van der Waals surface area contributed by atoms with Crippen LogP contribution in [0.25, 0.3) is 0 Å². The Labute approximate surface area is 178 Å². The van der Waals surface area contributed by atoms with Gasteiger partial charge in [-0.2, -0.15) is 13.2 Å². The van der Waals surface area contributed by atoms with E-state index in [0.29, 0.717) is 18.7 Å². The van der Waals surface area contributed by atoms with Crippen LogP contribution >= 0.6 is 0 Å². The Bertz CT molecular complexity index is 946. The SMILES string of the molecule is Cc1ccc(C(=O)CCC(=O)N2CCN(C(=O)c3ccc(C(F)(F)F)cc3)CC2)cc1. The first-order valence-electron chi connectivity index (χ1n) is 9.99. The van der Waals surface area contributed by atoms with E-state index >= 15 is 0 Å². The summed E-state index contributed by atoms with van der Waals surface area (Å²) in [6.45, 7) is 3.16. The number of ketones is 1. The predicted molar refractivity (Wildman–Crippen MR) is 109 cm³/mol. The average Bonchev–Trinajstić information content (AvgIpc) is 2.77. The zero-order chi connectivity index (χ0) is 22.6. The summed E-state index contributed by atoms with van der Waals surface area (Å²) in [5, 5.41) is 0. The number of hydrogen-bond donors (Lipinski definition) is 0. The van der Waals surface area contributed by atoms with Gasteiger partial charge in [-0.15, -0.1) is 0 Å². The number of amides is 2. The molecule has 2 aromatic carbocycles. The molecule has 0 unspecified atom stereocenters. The fourth-order valence-corrected chi connectivity index (χ4v) is 3.41. The number of aryl methyl sites for hydroxylation is 1. The van der Waals surface area contributed by atoms with Gasteiger partial charge in [0.2, 0.25) is 5.91 Å². The highest BCUT2D eigenvalue weighted by atomic mass is 19.4. The van der Waals surface area contributed by atoms with E-state index in [0.717, 1.165) is 17.7 Å². The van der Waals surface area contributed by atoms with Crippen LogP contribution in [0.15, 0.2) is 48.5 Å². The average molecular weight is 432 g/mol. The topological polar surface area (TPSA) is 57.7 Å². The molecule has 1 aliphatic rings. The molecule has 164 valence electrons. The highest BCUT2D eigenvalue weighted by Crippen LogP contribution is 2.29. The van der Waals surface area contributed by atoms with Crippen molar-refractivity contribution < 1.29 is 27.6 Å². The van der Waals surface area contributed by atoms with Gasteiger partial charge in [-0.25, -0.2) is 0 Å². The number of nitrogens with zero attached hydrogens (tertiary/aromatic N) is 2. The molecule has 0 N–H and O–H groups in total. The molecule has 2 aromatic rings. The Kier molecular flexibility index (Phi) is 6.77. The lowest BCUT2D eigenvalue weighted by atomic mass is 10.0. The predicted octanol–water partition coefficient (Wildman–Crippen LogP) is 3.96. The van der Waals surface area contributed by atoms with Crippen LogP contribution in [0.3, 0.4) is 0 Å². The van der Waals surface area contributed by atoms with Gasteiger partial charge < -0.3 is 9.80 Å². The van der Waals surface area contributed by atoms with E-state index in [4.69, 9.17) is 0 Å². The number of hydrogen-bond acceptors (Lipinski definition) is 3. The minimum absolute atomic E-state index is 0.0931. The Balaban J connectivity index is 1.48. The summed E-state index contributed by atoms with van der Waals surface area (Å²) in [6, 6.07) is 11.3. The van der Waals surface area contributed by atoms with Gasteiger partial charge >= 0.3 is 6.18 Å². The largest absolute Gasteiger partial charge is 0.416 e. The van der Waals surface area contributed by atoms with Crippen molar-refractivity contribution in [2.45, 2.75) is 25.9 Å². The molecule has 0 bridgehead atoms. The zero-order valence-corrected chi connectivity index (χ0v) is 17.1. The lowest BCUT2D eigenvalue weighted by Gasteiger charge is -2.35. The molecule has 31 heavy (non-hydrogen) atoms. The van der Waals surface area contributed by atoms with Gasteiger partial charge in [0, 0.05) is 50.1 Å². The third-order valence-corrected chi connectivity index (χ3v) is 5.32. The summed E-state index contributed by atoms with van der Waals surface area (Å²) in [7, 11) is 0. The van der Waals surface area contributed by atoms with E-state index in [-0.39, 0.29) is 49.1 Å². The van der Waals surface area contributed by atoms with Crippen LogP contribution in [0.1, 0.15) is 44.7 Å². The molecule has 1 heterocycles. The lowest BCUT2D eigenvalue weighted by molar-refractivity contribution is -0.137. The Morgan fingerprint density at radius 3 is 1.84 bits per heavy atom. The second-order valence-electron chi connectivity index (χ2n) is 7.54. The van der Waals surface area contributed by atoms with Crippen molar-refractivity contribution in [3.8, 4) is 0 Å². The summed E-state index contributed by atoms with van der Waals surface area (Å²) < 4.78 is 38.0. The van der Waals surface area contributed by atoms with E-state index in [2.05, 4.69) is 0 Å². The molecular formula is C23H23F3N2O3. The molecule has 0 radical (unpaired) electrons. The number of halogens is 3. The van der Waals surface area contributed by atoms with E-state index < -0.39 is 11.7 Å². The first-order chi connectivity index (χ1) is 14.6. The van der Waals surface area contributed by atoms with Crippen molar-refractivity contribution in [2.24, 2.45) is 0 Å². The van der Waals surface area contributed by atoms with Gasteiger partial charge in [0.1, 0.15) is 0 Å². The van der Waals surface area contributed by atoms with Gasteiger partial charge in [0.05, 0.1) is 5.56 Å². The van der Waals surface area contributed by atoms with Gasteiger partial charge in [-0.3, -0.25) is 14.4 Å². The van der Waals surface area contributed by atoms with Crippen LogP contribution in [0.5, 0.6) is 0 Å². The van der Waals surface area contributed by atoms with Gasteiger partial charge in [-0.1, -0.05) is 29.8 Å². The molecule has 2 amide bonds. The summed E-state index contributed by atoms with van der Waals surface area (Å²) >= 11 is 0. The molecule has 1 saturated heterocycles. The quantitative estimate of drug-likeness (QED) is 0.672. The third kappa shape index (κ3) is 5.71. The normalized spacial score (nSPS) is 14.5. The number of benzene rings is 2. The van der Waals surface area contributed by atoms with Crippen molar-refractivity contribution in [3.05, 3.63) is 70.8 Å². The van der Waals surface area contributed by atoms with Crippen molar-refractivity contribution in [3.63, 3.8) is 0 Å². The van der Waals surface area contributed by atoms with Crippen molar-refractivity contribution >= 4 is 17.6 Å². The molecule has 1 aliphatic heterocycles. The van der Waals surface area contributed by atoms with Crippen molar-refractivity contribution in [2.75, 3.05) is 26.2 Å². The molecule has 0 aliphatic carbocycles. The molecule has 8 heteroatoms. The molecule has 0 saturated carbocycles. The van der Waals surface area contributed by atoms with E-state index in [1.807, 2.05) is 19.1 Å². The second-order valence-corrected chi connectivity index (χ2v) is 7.54. The monoisotopic (exact) mass is 432 g/mol. The van der Waals surface area contributed by atoms with Crippen LogP contribution in [0, 0.1) is 6.92 Å². The molecule has 0 aromatic heterocycles. The van der Waals surface area contributed by atoms with Gasteiger partial charge in [0.15, 0.2) is 5.78 Å². The molecule has 0 atom stereocenters. The number of carbonyl (C=O) groups is 3. The molecule has 0 spiro atoms. The van der Waals surface area contributed by atoms with Crippen LogP contribution in [0.4, 0.5) is 13.2 Å². The maximum atomic E-state index is 12.7. The first-order valence-corrected chi connectivity index (χ1v) is 9.99. The van der Waals surface area contributed by atoms with Crippen LogP contribution in [-0.2, 0) is 11.0 Å². The number of Topliss-reactive ketones (excluding diaryl/α,β-unsaturated/α-hetero) is 1. The molecule has 3 rings (SSSR count). The van der Waals surface area contributed by atoms with Crippen LogP contribution < -0.4 is 0 Å².